The van der Waals surface area contributed by atoms with Crippen LogP contribution < -0.4 is 9.64 Å². The number of aromatic nitrogens is 2. The average molecular weight is 613 g/mol. The second-order valence-electron chi connectivity index (χ2n) is 12.8. The Balaban J connectivity index is 1.36. The van der Waals surface area contributed by atoms with Crippen molar-refractivity contribution in [2.24, 2.45) is 0 Å². The Morgan fingerprint density at radius 2 is 1.86 bits per heavy atom. The van der Waals surface area contributed by atoms with Gasteiger partial charge in [0.25, 0.3) is 5.89 Å². The van der Waals surface area contributed by atoms with E-state index in [0.717, 1.165) is 42.6 Å². The Hall–Kier alpha value is -3.34. The maximum absolute atomic E-state index is 12.6. The monoisotopic (exact) mass is 612 g/mol. The molecule has 5 rings (SSSR count). The first-order chi connectivity index (χ1) is 20.3. The van der Waals surface area contributed by atoms with Crippen LogP contribution in [0.2, 0.25) is 5.02 Å². The molecule has 1 amide bonds. The third-order valence-corrected chi connectivity index (χ3v) is 8.18. The maximum Gasteiger partial charge on any atom is 0.408 e. The Kier molecular flexibility index (Phi) is 8.66. The zero-order valence-electron chi connectivity index (χ0n) is 25.8. The summed E-state index contributed by atoms with van der Waals surface area (Å²) < 4.78 is 23.5. The smallest absolute Gasteiger partial charge is 0.408 e. The second-order valence-corrected chi connectivity index (χ2v) is 13.2. The van der Waals surface area contributed by atoms with Crippen molar-refractivity contribution in [3.8, 4) is 28.6 Å². The quantitative estimate of drug-likeness (QED) is 0.258. The number of amides is 1. The number of carboxylic acid groups (broad SMARTS) is 1. The van der Waals surface area contributed by atoms with Gasteiger partial charge in [0, 0.05) is 35.4 Å². The molecule has 0 bridgehead atoms. The van der Waals surface area contributed by atoms with Crippen molar-refractivity contribution in [2.75, 3.05) is 37.8 Å². The van der Waals surface area contributed by atoms with Gasteiger partial charge in [-0.2, -0.15) is 4.98 Å². The molecule has 0 aliphatic carbocycles. The zero-order valence-corrected chi connectivity index (χ0v) is 26.5. The standard InChI is InChI=1S/C32H41ClN4O6/c1-7-8-15-40-26-12-10-23(17-24(26)33)28-34-27(35-43-28)22-9-11-25-21(16-22)13-14-36(25)18-32(19-41-31(5,6)42-20-32)37(29(38)39)30(2,3)4/h9-12,16-17H,7-8,13-15,18-20H2,1-6H3,(H,38,39). The molecule has 10 nitrogen and oxygen atoms in total. The highest BCUT2D eigenvalue weighted by atomic mass is 35.5. The lowest BCUT2D eigenvalue weighted by Gasteiger charge is -2.54. The van der Waals surface area contributed by atoms with Gasteiger partial charge < -0.3 is 28.7 Å². The molecule has 1 N–H and O–H groups in total. The normalized spacial score (nSPS) is 17.5. The first-order valence-electron chi connectivity index (χ1n) is 14.8. The predicted molar refractivity (Wildman–Crippen MR) is 165 cm³/mol. The van der Waals surface area contributed by atoms with Crippen LogP contribution >= 0.6 is 11.6 Å². The van der Waals surface area contributed by atoms with E-state index in [-0.39, 0.29) is 13.2 Å². The number of carbonyl (C=O) groups is 1. The van der Waals surface area contributed by atoms with E-state index < -0.39 is 23.0 Å². The van der Waals surface area contributed by atoms with Crippen LogP contribution in [0.15, 0.2) is 40.9 Å². The van der Waals surface area contributed by atoms with E-state index in [9.17, 15) is 9.90 Å². The van der Waals surface area contributed by atoms with Crippen LogP contribution in [0.25, 0.3) is 22.8 Å². The van der Waals surface area contributed by atoms with Gasteiger partial charge in [0.05, 0.1) is 24.8 Å². The largest absolute Gasteiger partial charge is 0.492 e. The van der Waals surface area contributed by atoms with Gasteiger partial charge in [-0.3, -0.25) is 4.90 Å². The number of benzene rings is 2. The molecule has 0 unspecified atom stereocenters. The van der Waals surface area contributed by atoms with Crippen molar-refractivity contribution in [1.29, 1.82) is 0 Å². The lowest BCUT2D eigenvalue weighted by Crippen LogP contribution is -2.70. The van der Waals surface area contributed by atoms with E-state index in [1.54, 1.807) is 6.07 Å². The fraction of sp³-hybridized carbons (Fsp3) is 0.531. The highest BCUT2D eigenvalue weighted by Crippen LogP contribution is 2.38. The Bertz CT molecular complexity index is 1460. The molecule has 1 aromatic heterocycles. The fourth-order valence-corrected chi connectivity index (χ4v) is 6.09. The van der Waals surface area contributed by atoms with E-state index in [4.69, 9.17) is 30.3 Å². The summed E-state index contributed by atoms with van der Waals surface area (Å²) in [5, 5.41) is 15.0. The van der Waals surface area contributed by atoms with Gasteiger partial charge in [-0.1, -0.05) is 30.1 Å². The minimum Gasteiger partial charge on any atom is -0.492 e. The minimum atomic E-state index is -0.998. The van der Waals surface area contributed by atoms with Crippen LogP contribution in [0.5, 0.6) is 5.75 Å². The van der Waals surface area contributed by atoms with E-state index in [0.29, 0.717) is 41.2 Å². The van der Waals surface area contributed by atoms with Crippen LogP contribution in [-0.4, -0.2) is 76.0 Å². The number of halogens is 1. The van der Waals surface area contributed by atoms with Gasteiger partial charge >= 0.3 is 6.09 Å². The van der Waals surface area contributed by atoms with Crippen molar-refractivity contribution in [3.63, 3.8) is 0 Å². The van der Waals surface area contributed by atoms with Gasteiger partial charge in [-0.05, 0) is 89.4 Å². The van der Waals surface area contributed by atoms with Crippen molar-refractivity contribution in [2.45, 2.75) is 77.7 Å². The topological polar surface area (TPSA) is 110 Å². The molecule has 2 aliphatic rings. The SMILES string of the molecule is CCCCOc1ccc(-c2nc(-c3ccc4c(c3)CCN4CC3(N(C(=O)O)C(C)(C)C)COC(C)(C)OC3)no2)cc1Cl. The highest BCUT2D eigenvalue weighted by molar-refractivity contribution is 6.32. The molecule has 0 atom stereocenters. The molecule has 1 fully saturated rings. The third-order valence-electron chi connectivity index (χ3n) is 7.89. The van der Waals surface area contributed by atoms with Crippen molar-refractivity contribution >= 4 is 23.4 Å². The first kappa shape index (κ1) is 31.1. The highest BCUT2D eigenvalue weighted by Gasteiger charge is 2.51. The summed E-state index contributed by atoms with van der Waals surface area (Å²) >= 11 is 6.44. The summed E-state index contributed by atoms with van der Waals surface area (Å²) in [7, 11) is 0. The number of hydrogen-bond acceptors (Lipinski definition) is 8. The molecular formula is C32H41ClN4O6. The lowest BCUT2D eigenvalue weighted by atomic mass is 9.90. The van der Waals surface area contributed by atoms with E-state index in [2.05, 4.69) is 28.0 Å². The van der Waals surface area contributed by atoms with Crippen LogP contribution in [0.1, 0.15) is 59.9 Å². The second kappa shape index (κ2) is 12.0. The molecule has 3 heterocycles. The molecule has 0 radical (unpaired) electrons. The molecule has 232 valence electrons. The maximum atomic E-state index is 12.6. The van der Waals surface area contributed by atoms with Crippen molar-refractivity contribution in [3.05, 3.63) is 47.0 Å². The van der Waals surface area contributed by atoms with Crippen molar-refractivity contribution < 1.29 is 28.6 Å². The van der Waals surface area contributed by atoms with E-state index >= 15 is 0 Å². The van der Waals surface area contributed by atoms with Gasteiger partial charge in [0.15, 0.2) is 5.79 Å². The van der Waals surface area contributed by atoms with E-state index in [1.165, 1.54) is 4.90 Å². The summed E-state index contributed by atoms with van der Waals surface area (Å²) in [4.78, 5) is 20.9. The summed E-state index contributed by atoms with van der Waals surface area (Å²) in [6, 6.07) is 11.5. The van der Waals surface area contributed by atoms with Gasteiger partial charge in [-0.15, -0.1) is 0 Å². The fourth-order valence-electron chi connectivity index (χ4n) is 5.86. The van der Waals surface area contributed by atoms with Gasteiger partial charge in [0.2, 0.25) is 5.82 Å². The summed E-state index contributed by atoms with van der Waals surface area (Å²) in [5.74, 6) is 0.709. The predicted octanol–water partition coefficient (Wildman–Crippen LogP) is 6.90. The van der Waals surface area contributed by atoms with Crippen LogP contribution in [0.4, 0.5) is 10.5 Å². The van der Waals surface area contributed by atoms with Gasteiger partial charge in [-0.25, -0.2) is 4.79 Å². The summed E-state index contributed by atoms with van der Waals surface area (Å²) in [6.07, 6.45) is 1.81. The molecule has 0 spiro atoms. The molecule has 1 saturated heterocycles. The summed E-state index contributed by atoms with van der Waals surface area (Å²) in [6.45, 7) is 13.8. The number of rotatable bonds is 9. The zero-order chi connectivity index (χ0) is 31.0. The minimum absolute atomic E-state index is 0.231. The summed E-state index contributed by atoms with van der Waals surface area (Å²) in [5.41, 5.74) is 2.18. The molecular weight excluding hydrogens is 572 g/mol. The Labute approximate surface area is 257 Å². The third kappa shape index (κ3) is 6.61. The molecule has 11 heteroatoms. The molecule has 2 aromatic carbocycles. The number of anilines is 1. The van der Waals surface area contributed by atoms with Crippen molar-refractivity contribution in [1.82, 2.24) is 15.0 Å². The molecule has 43 heavy (non-hydrogen) atoms. The molecule has 3 aromatic rings. The Morgan fingerprint density at radius 1 is 1.14 bits per heavy atom. The number of fused-ring (bicyclic) bond motifs is 1. The van der Waals surface area contributed by atoms with Crippen LogP contribution in [-0.2, 0) is 15.9 Å². The number of nitrogens with zero attached hydrogens (tertiary/aromatic N) is 4. The first-order valence-corrected chi connectivity index (χ1v) is 15.2. The number of ether oxygens (including phenoxy) is 3. The van der Waals surface area contributed by atoms with Crippen LogP contribution in [0, 0.1) is 0 Å². The van der Waals surface area contributed by atoms with E-state index in [1.807, 2.05) is 58.9 Å². The lowest BCUT2D eigenvalue weighted by molar-refractivity contribution is -0.287. The molecule has 2 aliphatic heterocycles. The number of unbranched alkanes of at least 4 members (excludes halogenated alkanes) is 1. The van der Waals surface area contributed by atoms with Gasteiger partial charge in [0.1, 0.15) is 11.3 Å². The average Bonchev–Trinajstić information content (AvgIpc) is 3.58. The number of hydrogen-bond donors (Lipinski definition) is 1. The molecule has 0 saturated carbocycles. The Morgan fingerprint density at radius 3 is 2.51 bits per heavy atom. The van der Waals surface area contributed by atoms with Crippen LogP contribution in [0.3, 0.4) is 0 Å².